The van der Waals surface area contributed by atoms with E-state index in [1.807, 2.05) is 17.0 Å². The van der Waals surface area contributed by atoms with E-state index in [2.05, 4.69) is 27.7 Å². The summed E-state index contributed by atoms with van der Waals surface area (Å²) < 4.78 is 5.97. The van der Waals surface area contributed by atoms with Crippen LogP contribution in [0.15, 0.2) is 48.5 Å². The van der Waals surface area contributed by atoms with Crippen LogP contribution < -0.4 is 15.4 Å². The summed E-state index contributed by atoms with van der Waals surface area (Å²) >= 11 is 0. The Hall–Kier alpha value is -3.14. The number of piperidine rings is 1. The standard InChI is InChI=1S/C35H46N4O5.ClH/c1-36-31(40)27-10-14-29(15-11-27)44-28-12-8-26(9-13-28)23-38-20-18-35(19-21-38)33(42)37-30(22-34(43)16-3-2-4-17-34)32(41)39(35)24-25-6-5-7-25;/h8-15,25,30,43H,2-7,16-24H2,1H3,(H,36,40)(H,37,42);1H/t30-;/m1./s1. The number of ether oxygens (including phenoxy) is 1. The fourth-order valence-electron chi connectivity index (χ4n) is 7.46. The van der Waals surface area contributed by atoms with Crippen molar-refractivity contribution in [1.29, 1.82) is 0 Å². The minimum Gasteiger partial charge on any atom is -0.457 e. The van der Waals surface area contributed by atoms with Crippen molar-refractivity contribution >= 4 is 30.1 Å². The number of halogens is 1. The van der Waals surface area contributed by atoms with Gasteiger partial charge in [-0.15, -0.1) is 12.4 Å². The quantitative estimate of drug-likeness (QED) is 0.364. The van der Waals surface area contributed by atoms with E-state index in [4.69, 9.17) is 4.74 Å². The first-order chi connectivity index (χ1) is 21.3. The molecule has 3 amide bonds. The Kier molecular flexibility index (Phi) is 10.4. The monoisotopic (exact) mass is 638 g/mol. The molecule has 2 aliphatic heterocycles. The highest BCUT2D eigenvalue weighted by Gasteiger charge is 2.55. The Morgan fingerprint density at radius 1 is 0.933 bits per heavy atom. The van der Waals surface area contributed by atoms with Gasteiger partial charge in [0.15, 0.2) is 0 Å². The number of aliphatic hydroxyl groups is 1. The number of hydrogen-bond donors (Lipinski definition) is 3. The van der Waals surface area contributed by atoms with E-state index in [1.165, 1.54) is 6.42 Å². The molecule has 0 aromatic heterocycles. The van der Waals surface area contributed by atoms with Gasteiger partial charge in [0.1, 0.15) is 23.1 Å². The number of amides is 3. The maximum atomic E-state index is 14.0. The van der Waals surface area contributed by atoms with Crippen LogP contribution in [0.4, 0.5) is 0 Å². The van der Waals surface area contributed by atoms with E-state index in [9.17, 15) is 19.5 Å². The third kappa shape index (κ3) is 7.31. The predicted octanol–water partition coefficient (Wildman–Crippen LogP) is 4.81. The number of carbonyl (C=O) groups excluding carboxylic acids is 3. The van der Waals surface area contributed by atoms with Crippen LogP contribution in [0.2, 0.25) is 0 Å². The van der Waals surface area contributed by atoms with E-state index in [-0.39, 0.29) is 30.1 Å². The fraction of sp³-hybridized carbons (Fsp3) is 0.571. The van der Waals surface area contributed by atoms with E-state index in [1.54, 1.807) is 31.3 Å². The van der Waals surface area contributed by atoms with Crippen LogP contribution in [0.5, 0.6) is 11.5 Å². The van der Waals surface area contributed by atoms with Crippen LogP contribution in [0, 0.1) is 5.92 Å². The highest BCUT2D eigenvalue weighted by molar-refractivity contribution is 6.00. The number of nitrogens with one attached hydrogen (secondary N) is 2. The Bertz CT molecular complexity index is 1330. The molecular formula is C35H47ClN4O5. The molecule has 3 N–H and O–H groups in total. The zero-order chi connectivity index (χ0) is 30.7. The number of nitrogens with zero attached hydrogens (tertiary/aromatic N) is 2. The molecule has 4 fully saturated rings. The van der Waals surface area contributed by atoms with Gasteiger partial charge >= 0.3 is 0 Å². The summed E-state index contributed by atoms with van der Waals surface area (Å²) in [5.74, 6) is 1.68. The molecule has 244 valence electrons. The summed E-state index contributed by atoms with van der Waals surface area (Å²) in [7, 11) is 1.61. The molecule has 45 heavy (non-hydrogen) atoms. The van der Waals surface area contributed by atoms with Crippen LogP contribution in [0.25, 0.3) is 0 Å². The van der Waals surface area contributed by atoms with E-state index in [0.717, 1.165) is 63.1 Å². The van der Waals surface area contributed by atoms with Gasteiger partial charge in [0.05, 0.1) is 5.60 Å². The SMILES string of the molecule is CNC(=O)c1ccc(Oc2ccc(CN3CCC4(CC3)C(=O)N[C@H](CC3(O)CCCCC3)C(=O)N4CC3CCC3)cc2)cc1.Cl. The third-order valence-electron chi connectivity index (χ3n) is 10.4. The summed E-state index contributed by atoms with van der Waals surface area (Å²) in [5, 5.41) is 16.9. The molecular weight excluding hydrogens is 592 g/mol. The van der Waals surface area contributed by atoms with Crippen LogP contribution in [0.1, 0.15) is 86.6 Å². The second-order valence-electron chi connectivity index (χ2n) is 13.4. The molecule has 0 bridgehead atoms. The summed E-state index contributed by atoms with van der Waals surface area (Å²) in [6.45, 7) is 2.86. The van der Waals surface area contributed by atoms with Crippen molar-refractivity contribution in [2.24, 2.45) is 5.92 Å². The molecule has 4 aliphatic rings. The number of carbonyl (C=O) groups is 3. The highest BCUT2D eigenvalue weighted by atomic mass is 35.5. The molecule has 1 atom stereocenters. The van der Waals surface area contributed by atoms with Crippen molar-refractivity contribution in [3.63, 3.8) is 0 Å². The molecule has 2 saturated heterocycles. The molecule has 2 heterocycles. The lowest BCUT2D eigenvalue weighted by molar-refractivity contribution is -0.165. The van der Waals surface area contributed by atoms with Crippen molar-refractivity contribution in [1.82, 2.24) is 20.4 Å². The van der Waals surface area contributed by atoms with Crippen LogP contribution in [-0.4, -0.2) is 76.5 Å². The number of piperazine rings is 1. The second-order valence-corrected chi connectivity index (χ2v) is 13.4. The van der Waals surface area contributed by atoms with Gasteiger partial charge < -0.3 is 25.4 Å². The molecule has 0 radical (unpaired) electrons. The summed E-state index contributed by atoms with van der Waals surface area (Å²) in [4.78, 5) is 43.9. The molecule has 9 nitrogen and oxygen atoms in total. The zero-order valence-corrected chi connectivity index (χ0v) is 27.1. The Labute approximate surface area is 272 Å². The fourth-order valence-corrected chi connectivity index (χ4v) is 7.46. The number of likely N-dealkylation sites (tertiary alicyclic amines) is 1. The van der Waals surface area contributed by atoms with E-state index < -0.39 is 17.2 Å². The van der Waals surface area contributed by atoms with Crippen molar-refractivity contribution in [3.8, 4) is 11.5 Å². The number of benzene rings is 2. The topological polar surface area (TPSA) is 111 Å². The van der Waals surface area contributed by atoms with Gasteiger partial charge in [0, 0.05) is 45.2 Å². The maximum Gasteiger partial charge on any atom is 0.251 e. The normalized spacial score (nSPS) is 23.1. The van der Waals surface area contributed by atoms with Gasteiger partial charge in [-0.2, -0.15) is 0 Å². The van der Waals surface area contributed by atoms with Crippen molar-refractivity contribution < 1.29 is 24.2 Å². The summed E-state index contributed by atoms with van der Waals surface area (Å²) in [6.07, 6.45) is 9.44. The molecule has 2 saturated carbocycles. The minimum atomic E-state index is -0.861. The van der Waals surface area contributed by atoms with Crippen molar-refractivity contribution in [2.45, 2.75) is 94.4 Å². The molecule has 10 heteroatoms. The first kappa shape index (κ1) is 33.2. The van der Waals surface area contributed by atoms with E-state index >= 15 is 0 Å². The lowest BCUT2D eigenvalue weighted by Gasteiger charge is -2.53. The molecule has 1 spiro atoms. The Morgan fingerprint density at radius 3 is 2.13 bits per heavy atom. The number of rotatable bonds is 9. The Balaban J connectivity index is 0.00000400. The van der Waals surface area contributed by atoms with Crippen molar-refractivity contribution in [2.75, 3.05) is 26.7 Å². The molecule has 0 unspecified atom stereocenters. The smallest absolute Gasteiger partial charge is 0.251 e. The minimum absolute atomic E-state index is 0. The first-order valence-electron chi connectivity index (χ1n) is 16.4. The van der Waals surface area contributed by atoms with Crippen LogP contribution in [-0.2, 0) is 16.1 Å². The molecule has 2 aromatic carbocycles. The van der Waals surface area contributed by atoms with Gasteiger partial charge in [0.2, 0.25) is 11.8 Å². The van der Waals surface area contributed by atoms with Gasteiger partial charge in [-0.25, -0.2) is 0 Å². The van der Waals surface area contributed by atoms with Gasteiger partial charge in [-0.1, -0.05) is 37.8 Å². The summed E-state index contributed by atoms with van der Waals surface area (Å²) in [5.41, 5.74) is 0.0665. The predicted molar refractivity (Wildman–Crippen MR) is 174 cm³/mol. The van der Waals surface area contributed by atoms with Gasteiger partial charge in [-0.05, 0) is 86.4 Å². The van der Waals surface area contributed by atoms with Crippen LogP contribution in [0.3, 0.4) is 0 Å². The number of hydrogen-bond acceptors (Lipinski definition) is 6. The average molecular weight is 639 g/mol. The van der Waals surface area contributed by atoms with Crippen molar-refractivity contribution in [3.05, 3.63) is 59.7 Å². The van der Waals surface area contributed by atoms with E-state index in [0.29, 0.717) is 55.9 Å². The average Bonchev–Trinajstić information content (AvgIpc) is 3.01. The maximum absolute atomic E-state index is 14.0. The largest absolute Gasteiger partial charge is 0.457 e. The molecule has 2 aliphatic carbocycles. The zero-order valence-electron chi connectivity index (χ0n) is 26.3. The van der Waals surface area contributed by atoms with Gasteiger partial charge in [-0.3, -0.25) is 19.3 Å². The lowest BCUT2D eigenvalue weighted by Crippen LogP contribution is -2.74. The Morgan fingerprint density at radius 2 is 1.56 bits per heavy atom. The molecule has 6 rings (SSSR count). The second kappa shape index (κ2) is 14.1. The molecule has 2 aromatic rings. The first-order valence-corrected chi connectivity index (χ1v) is 16.4. The third-order valence-corrected chi connectivity index (χ3v) is 10.4. The van der Waals surface area contributed by atoms with Gasteiger partial charge in [0.25, 0.3) is 5.91 Å². The lowest BCUT2D eigenvalue weighted by atomic mass is 9.76. The summed E-state index contributed by atoms with van der Waals surface area (Å²) in [6, 6.07) is 14.4. The highest BCUT2D eigenvalue weighted by Crippen LogP contribution is 2.39. The van der Waals surface area contributed by atoms with Crippen LogP contribution >= 0.6 is 12.4 Å².